The second-order valence-corrected chi connectivity index (χ2v) is 4.47. The molecule has 0 atom stereocenters. The van der Waals surface area contributed by atoms with E-state index < -0.39 is 5.97 Å². The summed E-state index contributed by atoms with van der Waals surface area (Å²) in [5, 5.41) is 16.3. The molecular formula is C14H17N3O3. The molecule has 2 rings (SSSR count). The van der Waals surface area contributed by atoms with E-state index in [2.05, 4.69) is 10.4 Å². The summed E-state index contributed by atoms with van der Waals surface area (Å²) in [5.74, 6) is -0.150. The Hall–Kier alpha value is -2.50. The van der Waals surface area contributed by atoms with E-state index in [4.69, 9.17) is 9.84 Å². The third-order valence-electron chi connectivity index (χ3n) is 3.15. The predicted octanol–water partition coefficient (Wildman–Crippen LogP) is 2.05. The molecular weight excluding hydrogens is 258 g/mol. The second kappa shape index (κ2) is 5.64. The van der Waals surface area contributed by atoms with Crippen LogP contribution < -0.4 is 10.1 Å². The highest BCUT2D eigenvalue weighted by Gasteiger charge is 2.14. The normalized spacial score (nSPS) is 10.3. The zero-order chi connectivity index (χ0) is 14.7. The SMILES string of the molecule is COc1ccc(NCc2c(C(=O)O)cnn2C)cc1C. The van der Waals surface area contributed by atoms with Crippen molar-refractivity contribution in [2.75, 3.05) is 12.4 Å². The smallest absolute Gasteiger partial charge is 0.339 e. The molecule has 0 fully saturated rings. The van der Waals surface area contributed by atoms with Crippen LogP contribution in [0.15, 0.2) is 24.4 Å². The molecule has 1 heterocycles. The van der Waals surface area contributed by atoms with Gasteiger partial charge in [-0.05, 0) is 30.7 Å². The van der Waals surface area contributed by atoms with E-state index in [1.54, 1.807) is 18.8 Å². The summed E-state index contributed by atoms with van der Waals surface area (Å²) in [6.45, 7) is 2.35. The van der Waals surface area contributed by atoms with Gasteiger partial charge in [-0.3, -0.25) is 4.68 Å². The van der Waals surface area contributed by atoms with Crippen LogP contribution in [0.3, 0.4) is 0 Å². The highest BCUT2D eigenvalue weighted by atomic mass is 16.5. The third-order valence-corrected chi connectivity index (χ3v) is 3.15. The van der Waals surface area contributed by atoms with E-state index in [-0.39, 0.29) is 5.56 Å². The average Bonchev–Trinajstić information content (AvgIpc) is 2.78. The topological polar surface area (TPSA) is 76.4 Å². The molecule has 106 valence electrons. The predicted molar refractivity (Wildman–Crippen MR) is 75.2 cm³/mol. The molecule has 0 saturated heterocycles. The van der Waals surface area contributed by atoms with E-state index in [1.807, 2.05) is 25.1 Å². The molecule has 0 aliphatic carbocycles. The molecule has 2 N–H and O–H groups in total. The molecule has 2 aromatic rings. The van der Waals surface area contributed by atoms with Crippen LogP contribution in [0, 0.1) is 6.92 Å². The van der Waals surface area contributed by atoms with Gasteiger partial charge < -0.3 is 15.2 Å². The molecule has 1 aromatic heterocycles. The largest absolute Gasteiger partial charge is 0.496 e. The van der Waals surface area contributed by atoms with Crippen molar-refractivity contribution >= 4 is 11.7 Å². The number of anilines is 1. The number of aromatic nitrogens is 2. The minimum absolute atomic E-state index is 0.213. The molecule has 0 aliphatic heterocycles. The summed E-state index contributed by atoms with van der Waals surface area (Å²) < 4.78 is 6.76. The fourth-order valence-corrected chi connectivity index (χ4v) is 2.03. The van der Waals surface area contributed by atoms with E-state index in [0.29, 0.717) is 12.2 Å². The standard InChI is InChI=1S/C14H17N3O3/c1-9-6-10(4-5-13(9)20-3)15-8-12-11(14(18)19)7-16-17(12)2/h4-7,15H,8H2,1-3H3,(H,18,19). The van der Waals surface area contributed by atoms with Gasteiger partial charge >= 0.3 is 5.97 Å². The van der Waals surface area contributed by atoms with Gasteiger partial charge in [-0.1, -0.05) is 0 Å². The summed E-state index contributed by atoms with van der Waals surface area (Å²) in [6, 6.07) is 5.72. The van der Waals surface area contributed by atoms with Gasteiger partial charge in [-0.15, -0.1) is 0 Å². The molecule has 6 heteroatoms. The lowest BCUT2D eigenvalue weighted by Crippen LogP contribution is -2.10. The Balaban J connectivity index is 2.15. The van der Waals surface area contributed by atoms with Gasteiger partial charge in [0.2, 0.25) is 0 Å². The Morgan fingerprint density at radius 3 is 2.85 bits per heavy atom. The highest BCUT2D eigenvalue weighted by molar-refractivity contribution is 5.88. The number of hydrogen-bond donors (Lipinski definition) is 2. The van der Waals surface area contributed by atoms with Crippen molar-refractivity contribution in [1.29, 1.82) is 0 Å². The van der Waals surface area contributed by atoms with Crippen LogP contribution in [-0.2, 0) is 13.6 Å². The first kappa shape index (κ1) is 13.9. The fraction of sp³-hybridized carbons (Fsp3) is 0.286. The van der Waals surface area contributed by atoms with Crippen molar-refractivity contribution < 1.29 is 14.6 Å². The van der Waals surface area contributed by atoms with Crippen LogP contribution in [0.4, 0.5) is 5.69 Å². The van der Waals surface area contributed by atoms with Crippen molar-refractivity contribution in [2.24, 2.45) is 7.05 Å². The maximum atomic E-state index is 11.1. The van der Waals surface area contributed by atoms with E-state index in [9.17, 15) is 4.79 Å². The van der Waals surface area contributed by atoms with Crippen molar-refractivity contribution in [1.82, 2.24) is 9.78 Å². The number of carbonyl (C=O) groups is 1. The molecule has 0 bridgehead atoms. The van der Waals surface area contributed by atoms with Gasteiger partial charge in [0.15, 0.2) is 0 Å². The Bertz CT molecular complexity index is 635. The van der Waals surface area contributed by atoms with Gasteiger partial charge in [0, 0.05) is 12.7 Å². The number of rotatable bonds is 5. The number of benzene rings is 1. The van der Waals surface area contributed by atoms with Crippen LogP contribution in [0.5, 0.6) is 5.75 Å². The van der Waals surface area contributed by atoms with E-state index in [1.165, 1.54) is 6.20 Å². The third kappa shape index (κ3) is 2.74. The molecule has 6 nitrogen and oxygen atoms in total. The summed E-state index contributed by atoms with van der Waals surface area (Å²) in [6.07, 6.45) is 1.36. The first-order chi connectivity index (χ1) is 9.52. The molecule has 0 saturated carbocycles. The lowest BCUT2D eigenvalue weighted by Gasteiger charge is -2.10. The Morgan fingerprint density at radius 2 is 2.25 bits per heavy atom. The monoisotopic (exact) mass is 275 g/mol. The lowest BCUT2D eigenvalue weighted by molar-refractivity contribution is 0.0695. The zero-order valence-electron chi connectivity index (χ0n) is 11.7. The number of ether oxygens (including phenoxy) is 1. The van der Waals surface area contributed by atoms with Crippen molar-refractivity contribution in [2.45, 2.75) is 13.5 Å². The van der Waals surface area contributed by atoms with Crippen LogP contribution in [0.25, 0.3) is 0 Å². The van der Waals surface area contributed by atoms with Gasteiger partial charge in [0.25, 0.3) is 0 Å². The number of aromatic carboxylic acids is 1. The second-order valence-electron chi connectivity index (χ2n) is 4.47. The molecule has 0 unspecified atom stereocenters. The maximum Gasteiger partial charge on any atom is 0.339 e. The van der Waals surface area contributed by atoms with Crippen LogP contribution >= 0.6 is 0 Å². The number of nitrogens with one attached hydrogen (secondary N) is 1. The number of carboxylic acids is 1. The number of methoxy groups -OCH3 is 1. The van der Waals surface area contributed by atoms with Crippen molar-refractivity contribution in [3.8, 4) is 5.75 Å². The molecule has 1 aromatic carbocycles. The first-order valence-corrected chi connectivity index (χ1v) is 6.15. The number of hydrogen-bond acceptors (Lipinski definition) is 4. The van der Waals surface area contributed by atoms with Crippen molar-refractivity contribution in [3.05, 3.63) is 41.2 Å². The molecule has 0 amide bonds. The first-order valence-electron chi connectivity index (χ1n) is 6.15. The van der Waals surface area contributed by atoms with E-state index in [0.717, 1.165) is 17.0 Å². The van der Waals surface area contributed by atoms with Crippen LogP contribution in [0.2, 0.25) is 0 Å². The quantitative estimate of drug-likeness (QED) is 0.873. The molecule has 0 radical (unpaired) electrons. The minimum atomic E-state index is -0.971. The number of nitrogens with zero attached hydrogens (tertiary/aromatic N) is 2. The Labute approximate surface area is 117 Å². The summed E-state index contributed by atoms with van der Waals surface area (Å²) >= 11 is 0. The minimum Gasteiger partial charge on any atom is -0.496 e. The van der Waals surface area contributed by atoms with Crippen molar-refractivity contribution in [3.63, 3.8) is 0 Å². The van der Waals surface area contributed by atoms with Gasteiger partial charge in [0.1, 0.15) is 11.3 Å². The maximum absolute atomic E-state index is 11.1. The van der Waals surface area contributed by atoms with E-state index >= 15 is 0 Å². The summed E-state index contributed by atoms with van der Waals surface area (Å²) in [4.78, 5) is 11.1. The van der Waals surface area contributed by atoms with Crippen LogP contribution in [0.1, 0.15) is 21.6 Å². The average molecular weight is 275 g/mol. The highest BCUT2D eigenvalue weighted by Crippen LogP contribution is 2.22. The number of carboxylic acid groups (broad SMARTS) is 1. The molecule has 0 spiro atoms. The zero-order valence-corrected chi connectivity index (χ0v) is 11.7. The van der Waals surface area contributed by atoms with Gasteiger partial charge in [-0.2, -0.15) is 5.10 Å². The molecule has 0 aliphatic rings. The fourth-order valence-electron chi connectivity index (χ4n) is 2.03. The Morgan fingerprint density at radius 1 is 1.50 bits per heavy atom. The summed E-state index contributed by atoms with van der Waals surface area (Å²) in [5.41, 5.74) is 2.76. The lowest BCUT2D eigenvalue weighted by atomic mass is 10.2. The number of aryl methyl sites for hydroxylation is 2. The van der Waals surface area contributed by atoms with Gasteiger partial charge in [0.05, 0.1) is 25.5 Å². The van der Waals surface area contributed by atoms with Crippen LogP contribution in [-0.4, -0.2) is 28.0 Å². The van der Waals surface area contributed by atoms with Gasteiger partial charge in [-0.25, -0.2) is 4.79 Å². The molecule has 20 heavy (non-hydrogen) atoms. The summed E-state index contributed by atoms with van der Waals surface area (Å²) in [7, 11) is 3.35. The Kier molecular flexibility index (Phi) is 3.93.